The molecule has 0 aliphatic carbocycles. The standard InChI is InChI=1S/C15H11Cl2F3/c1-8-4-10(12(17)7-14(8)19)11(16)5-9-2-3-13(18)15(20)6-9/h2-4,6-7,11H,5H2,1H3. The Morgan fingerprint density at radius 3 is 2.35 bits per heavy atom. The molecule has 0 N–H and O–H groups in total. The van der Waals surface area contributed by atoms with Gasteiger partial charge < -0.3 is 0 Å². The minimum Gasteiger partial charge on any atom is -0.207 e. The molecule has 0 nitrogen and oxygen atoms in total. The van der Waals surface area contributed by atoms with Gasteiger partial charge in [0.25, 0.3) is 0 Å². The van der Waals surface area contributed by atoms with Gasteiger partial charge in [-0.25, -0.2) is 13.2 Å². The van der Waals surface area contributed by atoms with Crippen molar-refractivity contribution >= 4 is 23.2 Å². The fourth-order valence-corrected chi connectivity index (χ4v) is 2.60. The molecule has 0 saturated carbocycles. The zero-order valence-electron chi connectivity index (χ0n) is 10.6. The lowest BCUT2D eigenvalue weighted by molar-refractivity contribution is 0.507. The second-order valence-corrected chi connectivity index (χ2v) is 5.48. The number of rotatable bonds is 3. The van der Waals surface area contributed by atoms with Crippen molar-refractivity contribution in [1.82, 2.24) is 0 Å². The molecule has 2 rings (SSSR count). The maximum Gasteiger partial charge on any atom is 0.159 e. The van der Waals surface area contributed by atoms with Crippen LogP contribution >= 0.6 is 23.2 Å². The normalized spacial score (nSPS) is 12.5. The molecule has 106 valence electrons. The van der Waals surface area contributed by atoms with E-state index in [1.807, 2.05) is 0 Å². The molecule has 0 amide bonds. The molecule has 0 bridgehead atoms. The Morgan fingerprint density at radius 1 is 1.00 bits per heavy atom. The van der Waals surface area contributed by atoms with E-state index in [0.717, 1.165) is 12.1 Å². The lowest BCUT2D eigenvalue weighted by Crippen LogP contribution is -2.00. The van der Waals surface area contributed by atoms with Gasteiger partial charge in [-0.3, -0.25) is 0 Å². The van der Waals surface area contributed by atoms with E-state index in [1.165, 1.54) is 12.1 Å². The fourth-order valence-electron chi connectivity index (χ4n) is 1.90. The van der Waals surface area contributed by atoms with Crippen LogP contribution in [-0.2, 0) is 6.42 Å². The summed E-state index contributed by atoms with van der Waals surface area (Å²) in [5, 5.41) is -0.331. The summed E-state index contributed by atoms with van der Waals surface area (Å²) < 4.78 is 39.3. The Hall–Kier alpha value is -1.19. The molecule has 0 aliphatic rings. The Labute approximate surface area is 125 Å². The van der Waals surface area contributed by atoms with E-state index in [4.69, 9.17) is 23.2 Å². The smallest absolute Gasteiger partial charge is 0.159 e. The number of aryl methyl sites for hydroxylation is 1. The number of benzene rings is 2. The summed E-state index contributed by atoms with van der Waals surface area (Å²) in [4.78, 5) is 0. The third-order valence-corrected chi connectivity index (χ3v) is 3.73. The van der Waals surface area contributed by atoms with E-state index in [9.17, 15) is 13.2 Å². The van der Waals surface area contributed by atoms with Crippen LogP contribution in [-0.4, -0.2) is 0 Å². The molecule has 20 heavy (non-hydrogen) atoms. The van der Waals surface area contributed by atoms with Crippen molar-refractivity contribution in [1.29, 1.82) is 0 Å². The van der Waals surface area contributed by atoms with E-state index in [0.29, 0.717) is 16.7 Å². The summed E-state index contributed by atoms with van der Waals surface area (Å²) in [6.45, 7) is 1.61. The van der Waals surface area contributed by atoms with Crippen molar-refractivity contribution in [2.24, 2.45) is 0 Å². The SMILES string of the molecule is Cc1cc(C(Cl)Cc2ccc(F)c(F)c2)c(Cl)cc1F. The second-order valence-electron chi connectivity index (χ2n) is 4.54. The number of hydrogen-bond donors (Lipinski definition) is 0. The minimum absolute atomic E-state index is 0.218. The zero-order valence-corrected chi connectivity index (χ0v) is 12.1. The first-order valence-corrected chi connectivity index (χ1v) is 6.73. The topological polar surface area (TPSA) is 0 Å². The van der Waals surface area contributed by atoms with E-state index in [2.05, 4.69) is 0 Å². The van der Waals surface area contributed by atoms with Gasteiger partial charge in [0.2, 0.25) is 0 Å². The highest BCUT2D eigenvalue weighted by Gasteiger charge is 2.16. The quantitative estimate of drug-likeness (QED) is 0.647. The first-order chi connectivity index (χ1) is 9.38. The van der Waals surface area contributed by atoms with Crippen molar-refractivity contribution < 1.29 is 13.2 Å². The van der Waals surface area contributed by atoms with E-state index < -0.39 is 22.8 Å². The van der Waals surface area contributed by atoms with Crippen LogP contribution < -0.4 is 0 Å². The molecular weight excluding hydrogens is 308 g/mol. The van der Waals surface area contributed by atoms with Crippen LogP contribution in [0.25, 0.3) is 0 Å². The number of halogens is 5. The lowest BCUT2D eigenvalue weighted by Gasteiger charge is -2.13. The third-order valence-electron chi connectivity index (χ3n) is 3.01. The number of alkyl halides is 1. The van der Waals surface area contributed by atoms with Crippen LogP contribution in [0, 0.1) is 24.4 Å². The Bertz CT molecular complexity index is 641. The molecule has 1 atom stereocenters. The summed E-state index contributed by atoms with van der Waals surface area (Å²) in [5.41, 5.74) is 1.54. The van der Waals surface area contributed by atoms with Gasteiger partial charge in [-0.05, 0) is 48.2 Å². The van der Waals surface area contributed by atoms with E-state index in [1.54, 1.807) is 13.0 Å². The third kappa shape index (κ3) is 3.28. The largest absolute Gasteiger partial charge is 0.207 e. The van der Waals surface area contributed by atoms with E-state index >= 15 is 0 Å². The van der Waals surface area contributed by atoms with Crippen molar-refractivity contribution in [2.75, 3.05) is 0 Å². The predicted molar refractivity (Wildman–Crippen MR) is 74.8 cm³/mol. The van der Waals surface area contributed by atoms with Crippen molar-refractivity contribution in [3.05, 3.63) is 69.5 Å². The van der Waals surface area contributed by atoms with Crippen LogP contribution in [0.5, 0.6) is 0 Å². The Kier molecular flexibility index (Phi) is 4.61. The molecule has 0 heterocycles. The minimum atomic E-state index is -0.923. The fraction of sp³-hybridized carbons (Fsp3) is 0.200. The number of hydrogen-bond acceptors (Lipinski definition) is 0. The molecule has 0 fully saturated rings. The highest BCUT2D eigenvalue weighted by Crippen LogP contribution is 2.32. The van der Waals surface area contributed by atoms with Crippen LogP contribution in [0.15, 0.2) is 30.3 Å². The summed E-state index contributed by atoms with van der Waals surface area (Å²) in [5.74, 6) is -2.24. The molecule has 0 aliphatic heterocycles. The van der Waals surface area contributed by atoms with Crippen LogP contribution in [0.3, 0.4) is 0 Å². The average Bonchev–Trinajstić information content (AvgIpc) is 2.38. The van der Waals surface area contributed by atoms with Gasteiger partial charge in [-0.15, -0.1) is 11.6 Å². The predicted octanol–water partition coefficient (Wildman–Crippen LogP) is 5.59. The monoisotopic (exact) mass is 318 g/mol. The molecular formula is C15H11Cl2F3. The maximum absolute atomic E-state index is 13.3. The highest BCUT2D eigenvalue weighted by atomic mass is 35.5. The van der Waals surface area contributed by atoms with Gasteiger partial charge in [-0.2, -0.15) is 0 Å². The first kappa shape index (κ1) is 15.2. The molecule has 5 heteroatoms. The van der Waals surface area contributed by atoms with Crippen molar-refractivity contribution in [2.45, 2.75) is 18.7 Å². The van der Waals surface area contributed by atoms with Gasteiger partial charge in [0.15, 0.2) is 11.6 Å². The van der Waals surface area contributed by atoms with Crippen molar-refractivity contribution in [3.63, 3.8) is 0 Å². The van der Waals surface area contributed by atoms with Gasteiger partial charge in [0, 0.05) is 5.02 Å². The highest BCUT2D eigenvalue weighted by molar-refractivity contribution is 6.32. The van der Waals surface area contributed by atoms with Crippen LogP contribution in [0.1, 0.15) is 22.1 Å². The Balaban J connectivity index is 2.25. The molecule has 0 spiro atoms. The lowest BCUT2D eigenvalue weighted by atomic mass is 10.0. The van der Waals surface area contributed by atoms with Gasteiger partial charge in [-0.1, -0.05) is 23.7 Å². The summed E-state index contributed by atoms with van der Waals surface area (Å²) in [6, 6.07) is 6.36. The average molecular weight is 319 g/mol. The Morgan fingerprint density at radius 2 is 1.70 bits per heavy atom. The van der Waals surface area contributed by atoms with Gasteiger partial charge >= 0.3 is 0 Å². The summed E-state index contributed by atoms with van der Waals surface area (Å²) in [6.07, 6.45) is 0.267. The molecule has 0 saturated heterocycles. The van der Waals surface area contributed by atoms with Crippen LogP contribution in [0.4, 0.5) is 13.2 Å². The molecule has 2 aromatic rings. The molecule has 0 aromatic heterocycles. The molecule has 0 radical (unpaired) electrons. The van der Waals surface area contributed by atoms with Gasteiger partial charge in [0.05, 0.1) is 5.38 Å². The second kappa shape index (κ2) is 6.06. The molecule has 1 unspecified atom stereocenters. The summed E-state index contributed by atoms with van der Waals surface area (Å²) in [7, 11) is 0. The molecule has 2 aromatic carbocycles. The first-order valence-electron chi connectivity index (χ1n) is 5.92. The van der Waals surface area contributed by atoms with E-state index in [-0.39, 0.29) is 11.4 Å². The summed E-state index contributed by atoms with van der Waals surface area (Å²) >= 11 is 12.2. The van der Waals surface area contributed by atoms with Crippen LogP contribution in [0.2, 0.25) is 5.02 Å². The zero-order chi connectivity index (χ0) is 14.9. The maximum atomic E-state index is 13.3. The van der Waals surface area contributed by atoms with Gasteiger partial charge in [0.1, 0.15) is 5.82 Å². The van der Waals surface area contributed by atoms with Crippen molar-refractivity contribution in [3.8, 4) is 0 Å².